The number of morpholine rings is 1. The van der Waals surface area contributed by atoms with Gasteiger partial charge in [0.05, 0.1) is 36.4 Å². The molecule has 1 saturated heterocycles. The Morgan fingerprint density at radius 1 is 1.07 bits per heavy atom. The van der Waals surface area contributed by atoms with Crippen LogP contribution in [0.1, 0.15) is 69.1 Å². The average molecular weight is 584 g/mol. The Balaban J connectivity index is 0.000000525. The minimum absolute atomic E-state index is 0.0354. The van der Waals surface area contributed by atoms with E-state index in [1.165, 1.54) is 0 Å². The molecule has 0 aliphatic carbocycles. The van der Waals surface area contributed by atoms with Gasteiger partial charge in [-0.1, -0.05) is 49.3 Å². The number of phenolic OH excluding ortho intramolecular Hbond substituents is 1. The lowest BCUT2D eigenvalue weighted by Crippen LogP contribution is -2.41. The molecule has 0 spiro atoms. The monoisotopic (exact) mass is 583 g/mol. The van der Waals surface area contributed by atoms with E-state index < -0.39 is 0 Å². The molecular formula is C32H45N3O7. The summed E-state index contributed by atoms with van der Waals surface area (Å²) < 4.78 is 16.0. The number of ether oxygens (including phenoxy) is 2. The van der Waals surface area contributed by atoms with Crippen LogP contribution in [0.5, 0.6) is 5.75 Å². The minimum atomic E-state index is -0.368. The second kappa shape index (κ2) is 17.3. The molecule has 1 fully saturated rings. The van der Waals surface area contributed by atoms with Crippen molar-refractivity contribution in [2.24, 2.45) is 0 Å². The van der Waals surface area contributed by atoms with Crippen molar-refractivity contribution >= 4 is 11.9 Å². The number of benzene rings is 2. The molecule has 2 heterocycles. The van der Waals surface area contributed by atoms with Crippen molar-refractivity contribution in [1.82, 2.24) is 15.8 Å². The highest BCUT2D eigenvalue weighted by molar-refractivity contribution is 6.02. The maximum absolute atomic E-state index is 12.7. The van der Waals surface area contributed by atoms with E-state index >= 15 is 0 Å². The molecule has 10 heteroatoms. The number of hydrogen-bond donors (Lipinski definition) is 4. The molecule has 4 N–H and O–H groups in total. The number of esters is 1. The van der Waals surface area contributed by atoms with E-state index in [4.69, 9.17) is 19.1 Å². The molecule has 3 aromatic rings. The van der Waals surface area contributed by atoms with Crippen LogP contribution >= 0.6 is 0 Å². The summed E-state index contributed by atoms with van der Waals surface area (Å²) in [5, 5.41) is 27.6. The van der Waals surface area contributed by atoms with E-state index in [0.29, 0.717) is 47.8 Å². The van der Waals surface area contributed by atoms with Crippen LogP contribution in [0.3, 0.4) is 0 Å². The molecular weight excluding hydrogens is 538 g/mol. The second-order valence-electron chi connectivity index (χ2n) is 10.1. The molecule has 0 saturated carbocycles. The van der Waals surface area contributed by atoms with Crippen LogP contribution in [0.4, 0.5) is 0 Å². The first kappa shape index (κ1) is 34.5. The van der Waals surface area contributed by atoms with Gasteiger partial charge in [-0.3, -0.25) is 9.59 Å². The van der Waals surface area contributed by atoms with Crippen LogP contribution in [-0.2, 0) is 20.7 Å². The van der Waals surface area contributed by atoms with Gasteiger partial charge in [0.2, 0.25) is 0 Å². The Kier molecular flexibility index (Phi) is 14.2. The van der Waals surface area contributed by atoms with Crippen molar-refractivity contribution < 1.29 is 33.8 Å². The fourth-order valence-electron chi connectivity index (χ4n) is 4.39. The molecule has 1 aliphatic heterocycles. The minimum Gasteiger partial charge on any atom is -0.507 e. The van der Waals surface area contributed by atoms with Crippen LogP contribution in [-0.4, -0.2) is 72.8 Å². The van der Waals surface area contributed by atoms with Gasteiger partial charge in [-0.2, -0.15) is 0 Å². The van der Waals surface area contributed by atoms with Crippen LogP contribution in [0.25, 0.3) is 22.5 Å². The molecule has 0 radical (unpaired) electrons. The van der Waals surface area contributed by atoms with Crippen LogP contribution in [0.15, 0.2) is 47.0 Å². The fraction of sp³-hybridized carbons (Fsp3) is 0.469. The zero-order chi connectivity index (χ0) is 31.2. The Morgan fingerprint density at radius 2 is 1.71 bits per heavy atom. The van der Waals surface area contributed by atoms with Gasteiger partial charge in [0.25, 0.3) is 5.91 Å². The highest BCUT2D eigenvalue weighted by atomic mass is 16.5. The summed E-state index contributed by atoms with van der Waals surface area (Å²) in [6.45, 7) is 14.6. The normalized spacial score (nSPS) is 16.0. The number of aliphatic hydroxyl groups excluding tert-OH is 1. The predicted molar refractivity (Wildman–Crippen MR) is 162 cm³/mol. The van der Waals surface area contributed by atoms with Crippen LogP contribution in [0.2, 0.25) is 0 Å². The standard InChI is InChI=1S/C25H28N2O5.C6H13NO.CH4O/c1-5-26-25(30)23-22(17-9-7-16(8-10-17)13-21(29)31-6-2)24(32-27-23)19-14-18(15(3)4)11-12-20(19)28;1-5-3-7-4-6(2)8-5;1-2/h7-12,14-15,28H,5-6,13H2,1-4H3,(H,26,30);5-7H,3-4H2,1-2H3;2H,1H3. The Bertz CT molecular complexity index is 1260. The van der Waals surface area contributed by atoms with E-state index in [-0.39, 0.29) is 35.7 Å². The zero-order valence-corrected chi connectivity index (χ0v) is 25.7. The van der Waals surface area contributed by atoms with Gasteiger partial charge in [0, 0.05) is 26.7 Å². The van der Waals surface area contributed by atoms with Crippen molar-refractivity contribution in [1.29, 1.82) is 0 Å². The first-order valence-electron chi connectivity index (χ1n) is 14.3. The molecule has 230 valence electrons. The first-order valence-corrected chi connectivity index (χ1v) is 14.3. The summed E-state index contributed by atoms with van der Waals surface area (Å²) in [5.41, 5.74) is 3.57. The molecule has 2 unspecified atom stereocenters. The highest BCUT2D eigenvalue weighted by Crippen LogP contribution is 2.40. The van der Waals surface area contributed by atoms with Gasteiger partial charge in [-0.15, -0.1) is 0 Å². The number of nitrogens with one attached hydrogen (secondary N) is 2. The molecule has 10 nitrogen and oxygen atoms in total. The van der Waals surface area contributed by atoms with Gasteiger partial charge >= 0.3 is 5.97 Å². The third-order valence-corrected chi connectivity index (χ3v) is 6.40. The summed E-state index contributed by atoms with van der Waals surface area (Å²) in [5.74, 6) is -0.0831. The summed E-state index contributed by atoms with van der Waals surface area (Å²) in [6.07, 6.45) is 0.961. The highest BCUT2D eigenvalue weighted by Gasteiger charge is 2.26. The summed E-state index contributed by atoms with van der Waals surface area (Å²) in [4.78, 5) is 24.4. The summed E-state index contributed by atoms with van der Waals surface area (Å²) in [6, 6.07) is 12.5. The largest absolute Gasteiger partial charge is 0.507 e. The van der Waals surface area contributed by atoms with E-state index in [0.717, 1.165) is 31.3 Å². The molecule has 42 heavy (non-hydrogen) atoms. The maximum atomic E-state index is 12.7. The van der Waals surface area contributed by atoms with E-state index in [1.807, 2.05) is 19.1 Å². The molecule has 2 atom stereocenters. The van der Waals surface area contributed by atoms with Gasteiger partial charge < -0.3 is 34.8 Å². The Labute approximate surface area is 248 Å². The number of aliphatic hydroxyl groups is 1. The van der Waals surface area contributed by atoms with E-state index in [1.54, 1.807) is 37.3 Å². The summed E-state index contributed by atoms with van der Waals surface area (Å²) in [7, 11) is 1.00. The van der Waals surface area contributed by atoms with Crippen LogP contribution in [0, 0.1) is 0 Å². The van der Waals surface area contributed by atoms with Gasteiger partial charge in [-0.05, 0) is 62.4 Å². The molecule has 0 bridgehead atoms. The van der Waals surface area contributed by atoms with Crippen molar-refractivity contribution in [3.05, 3.63) is 59.3 Å². The number of aromatic nitrogens is 1. The van der Waals surface area contributed by atoms with Crippen molar-refractivity contribution in [2.45, 2.75) is 66.1 Å². The summed E-state index contributed by atoms with van der Waals surface area (Å²) >= 11 is 0. The number of carbonyl (C=O) groups is 2. The first-order chi connectivity index (χ1) is 20.1. The number of aromatic hydroxyl groups is 1. The van der Waals surface area contributed by atoms with Crippen molar-refractivity contribution in [3.8, 4) is 28.2 Å². The molecule has 1 amide bonds. The fourth-order valence-corrected chi connectivity index (χ4v) is 4.39. The lowest BCUT2D eigenvalue weighted by Gasteiger charge is -2.25. The third-order valence-electron chi connectivity index (χ3n) is 6.40. The molecule has 4 rings (SSSR count). The lowest BCUT2D eigenvalue weighted by atomic mass is 9.94. The van der Waals surface area contributed by atoms with Crippen molar-refractivity contribution in [2.75, 3.05) is 33.4 Å². The number of amides is 1. The zero-order valence-electron chi connectivity index (χ0n) is 25.7. The second-order valence-corrected chi connectivity index (χ2v) is 10.1. The number of carbonyl (C=O) groups excluding carboxylic acids is 2. The Hall–Kier alpha value is -3.73. The molecule has 1 aliphatic rings. The SMILES string of the molecule is CC1CNCC(C)O1.CCNC(=O)c1noc(-c2cc(C(C)C)ccc2O)c1-c1ccc(CC(=O)OCC)cc1.CO. The quantitative estimate of drug-likeness (QED) is 0.278. The topological polar surface area (TPSA) is 143 Å². The average Bonchev–Trinajstić information content (AvgIpc) is 3.40. The van der Waals surface area contributed by atoms with Crippen molar-refractivity contribution in [3.63, 3.8) is 0 Å². The van der Waals surface area contributed by atoms with E-state index in [2.05, 4.69) is 43.5 Å². The number of phenols is 1. The van der Waals surface area contributed by atoms with Crippen LogP contribution < -0.4 is 10.6 Å². The maximum Gasteiger partial charge on any atom is 0.310 e. The van der Waals surface area contributed by atoms with Gasteiger partial charge in [-0.25, -0.2) is 0 Å². The van der Waals surface area contributed by atoms with Gasteiger partial charge in [0.1, 0.15) is 5.75 Å². The lowest BCUT2D eigenvalue weighted by molar-refractivity contribution is -0.142. The number of nitrogens with zero attached hydrogens (tertiary/aromatic N) is 1. The predicted octanol–water partition coefficient (Wildman–Crippen LogP) is 4.68. The molecule has 1 aromatic heterocycles. The Morgan fingerprint density at radius 3 is 2.24 bits per heavy atom. The van der Waals surface area contributed by atoms with E-state index in [9.17, 15) is 14.7 Å². The smallest absolute Gasteiger partial charge is 0.310 e. The number of rotatable bonds is 8. The molecule has 2 aromatic carbocycles. The number of hydrogen-bond acceptors (Lipinski definition) is 9. The third kappa shape index (κ3) is 9.68. The van der Waals surface area contributed by atoms with Gasteiger partial charge in [0.15, 0.2) is 11.5 Å².